The van der Waals surface area contributed by atoms with Gasteiger partial charge in [-0.25, -0.2) is 0 Å². The molecule has 2 heterocycles. The van der Waals surface area contributed by atoms with E-state index in [-0.39, 0.29) is 12.0 Å². The van der Waals surface area contributed by atoms with Crippen molar-refractivity contribution in [1.29, 1.82) is 0 Å². The lowest BCUT2D eigenvalue weighted by molar-refractivity contribution is -0.113. The summed E-state index contributed by atoms with van der Waals surface area (Å²) >= 11 is 0. The van der Waals surface area contributed by atoms with Gasteiger partial charge in [0.15, 0.2) is 0 Å². The van der Waals surface area contributed by atoms with Crippen molar-refractivity contribution in [3.63, 3.8) is 0 Å². The van der Waals surface area contributed by atoms with Gasteiger partial charge >= 0.3 is 0 Å². The SMILES string of the molecule is CC1=C(C(=O)Nc2ccc(C)cc2C)C(c2ccc(OC(C)C)cc2)n2nnnc2N1. The molecule has 0 radical (unpaired) electrons. The summed E-state index contributed by atoms with van der Waals surface area (Å²) in [5.41, 5.74) is 5.07. The molecule has 1 amide bonds. The number of tetrazole rings is 1. The number of benzene rings is 2. The van der Waals surface area contributed by atoms with Crippen molar-refractivity contribution in [2.45, 2.75) is 46.8 Å². The van der Waals surface area contributed by atoms with Crippen LogP contribution in [0.5, 0.6) is 5.75 Å². The molecule has 160 valence electrons. The van der Waals surface area contributed by atoms with E-state index in [4.69, 9.17) is 4.74 Å². The van der Waals surface area contributed by atoms with Crippen molar-refractivity contribution >= 4 is 17.5 Å². The predicted molar refractivity (Wildman–Crippen MR) is 119 cm³/mol. The van der Waals surface area contributed by atoms with Crippen molar-refractivity contribution < 1.29 is 9.53 Å². The van der Waals surface area contributed by atoms with Crippen molar-refractivity contribution in [1.82, 2.24) is 20.2 Å². The van der Waals surface area contributed by atoms with Crippen LogP contribution in [-0.4, -0.2) is 32.2 Å². The minimum absolute atomic E-state index is 0.0806. The van der Waals surface area contributed by atoms with Crippen LogP contribution in [-0.2, 0) is 4.79 Å². The van der Waals surface area contributed by atoms with E-state index in [9.17, 15) is 4.79 Å². The molecule has 4 rings (SSSR count). The molecule has 2 aromatic carbocycles. The van der Waals surface area contributed by atoms with Crippen molar-refractivity contribution in [2.75, 3.05) is 10.6 Å². The number of hydrogen-bond acceptors (Lipinski definition) is 6. The number of carbonyl (C=O) groups is 1. The molecule has 1 aliphatic rings. The molecular weight excluding hydrogens is 392 g/mol. The van der Waals surface area contributed by atoms with Crippen LogP contribution < -0.4 is 15.4 Å². The average molecular weight is 419 g/mol. The molecule has 0 bridgehead atoms. The van der Waals surface area contributed by atoms with Crippen LogP contribution in [0.15, 0.2) is 53.7 Å². The lowest BCUT2D eigenvalue weighted by atomic mass is 9.94. The van der Waals surface area contributed by atoms with Gasteiger partial charge in [-0.05, 0) is 74.4 Å². The van der Waals surface area contributed by atoms with Crippen LogP contribution in [0.25, 0.3) is 0 Å². The van der Waals surface area contributed by atoms with Crippen LogP contribution in [0, 0.1) is 13.8 Å². The Morgan fingerprint density at radius 2 is 1.87 bits per heavy atom. The molecular formula is C23H26N6O2. The van der Waals surface area contributed by atoms with Crippen LogP contribution in [0.4, 0.5) is 11.6 Å². The second-order valence-corrected chi connectivity index (χ2v) is 8.02. The molecule has 0 spiro atoms. The number of rotatable bonds is 5. The van der Waals surface area contributed by atoms with Gasteiger partial charge in [-0.2, -0.15) is 4.68 Å². The minimum atomic E-state index is -0.467. The summed E-state index contributed by atoms with van der Waals surface area (Å²) in [6.07, 6.45) is 0.0806. The largest absolute Gasteiger partial charge is 0.491 e. The lowest BCUT2D eigenvalue weighted by Crippen LogP contribution is -2.31. The lowest BCUT2D eigenvalue weighted by Gasteiger charge is -2.28. The molecule has 0 saturated heterocycles. The van der Waals surface area contributed by atoms with Gasteiger partial charge in [0, 0.05) is 11.4 Å². The third-order valence-corrected chi connectivity index (χ3v) is 5.16. The first-order chi connectivity index (χ1) is 14.8. The van der Waals surface area contributed by atoms with Gasteiger partial charge in [-0.15, -0.1) is 0 Å². The third kappa shape index (κ3) is 4.14. The standard InChI is InChI=1S/C23H26N6O2/c1-13(2)31-18-9-7-17(8-10-18)21-20(16(5)24-23-26-27-28-29(21)23)22(30)25-19-11-6-14(3)12-15(19)4/h6-13,21H,1-5H3,(H,25,30)(H,24,26,28). The Morgan fingerprint density at radius 1 is 1.13 bits per heavy atom. The van der Waals surface area contributed by atoms with E-state index in [0.29, 0.717) is 17.2 Å². The second kappa shape index (κ2) is 8.22. The number of hydrogen-bond donors (Lipinski definition) is 2. The Hall–Kier alpha value is -3.68. The fourth-order valence-corrected chi connectivity index (χ4v) is 3.76. The maximum absolute atomic E-state index is 13.4. The molecule has 3 aromatic rings. The molecule has 1 unspecified atom stereocenters. The van der Waals surface area contributed by atoms with Gasteiger partial charge in [-0.1, -0.05) is 34.9 Å². The van der Waals surface area contributed by atoms with E-state index in [1.165, 1.54) is 0 Å². The van der Waals surface area contributed by atoms with Crippen LogP contribution in [0.2, 0.25) is 0 Å². The summed E-state index contributed by atoms with van der Waals surface area (Å²) in [6.45, 7) is 9.83. The summed E-state index contributed by atoms with van der Waals surface area (Å²) in [5, 5.41) is 18.2. The molecule has 1 atom stereocenters. The summed E-state index contributed by atoms with van der Waals surface area (Å²) < 4.78 is 7.38. The van der Waals surface area contributed by atoms with Crippen molar-refractivity contribution in [3.05, 3.63) is 70.4 Å². The van der Waals surface area contributed by atoms with E-state index in [1.807, 2.05) is 77.1 Å². The fourth-order valence-electron chi connectivity index (χ4n) is 3.76. The van der Waals surface area contributed by atoms with E-state index in [1.54, 1.807) is 4.68 Å². The summed E-state index contributed by atoms with van der Waals surface area (Å²) in [5.74, 6) is 1.06. The zero-order valence-corrected chi connectivity index (χ0v) is 18.3. The summed E-state index contributed by atoms with van der Waals surface area (Å²) in [7, 11) is 0. The maximum atomic E-state index is 13.4. The first-order valence-corrected chi connectivity index (χ1v) is 10.2. The van der Waals surface area contributed by atoms with Gasteiger partial charge in [0.1, 0.15) is 11.8 Å². The van der Waals surface area contributed by atoms with Gasteiger partial charge in [0.25, 0.3) is 5.91 Å². The van der Waals surface area contributed by atoms with Crippen molar-refractivity contribution in [3.8, 4) is 5.75 Å². The molecule has 1 aliphatic heterocycles. The summed E-state index contributed by atoms with van der Waals surface area (Å²) in [6, 6.07) is 13.2. The Bertz CT molecular complexity index is 1150. The predicted octanol–water partition coefficient (Wildman–Crippen LogP) is 4.00. The molecule has 31 heavy (non-hydrogen) atoms. The number of aromatic nitrogens is 4. The molecule has 0 aliphatic carbocycles. The average Bonchev–Trinajstić information content (AvgIpc) is 3.17. The van der Waals surface area contributed by atoms with Gasteiger partial charge < -0.3 is 15.4 Å². The van der Waals surface area contributed by atoms with Crippen molar-refractivity contribution in [2.24, 2.45) is 0 Å². The molecule has 1 aromatic heterocycles. The second-order valence-electron chi connectivity index (χ2n) is 8.02. The quantitative estimate of drug-likeness (QED) is 0.650. The monoisotopic (exact) mass is 418 g/mol. The normalized spacial score (nSPS) is 15.5. The Morgan fingerprint density at radius 3 is 2.55 bits per heavy atom. The Balaban J connectivity index is 1.71. The van der Waals surface area contributed by atoms with E-state index in [0.717, 1.165) is 28.1 Å². The highest BCUT2D eigenvalue weighted by molar-refractivity contribution is 6.06. The number of amides is 1. The number of nitrogens with zero attached hydrogens (tertiary/aromatic N) is 4. The number of fused-ring (bicyclic) bond motifs is 1. The first kappa shape index (κ1) is 20.6. The zero-order chi connectivity index (χ0) is 22.1. The number of anilines is 2. The van der Waals surface area contributed by atoms with Gasteiger partial charge in [0.05, 0.1) is 11.7 Å². The number of carbonyl (C=O) groups excluding carboxylic acids is 1. The Labute approximate surface area is 181 Å². The maximum Gasteiger partial charge on any atom is 0.255 e. The van der Waals surface area contributed by atoms with E-state index in [2.05, 4.69) is 26.2 Å². The smallest absolute Gasteiger partial charge is 0.255 e. The number of allylic oxidation sites excluding steroid dienone is 1. The molecule has 0 saturated carbocycles. The van der Waals surface area contributed by atoms with Crippen LogP contribution in [0.1, 0.15) is 43.5 Å². The minimum Gasteiger partial charge on any atom is -0.491 e. The highest BCUT2D eigenvalue weighted by Gasteiger charge is 2.34. The highest BCUT2D eigenvalue weighted by Crippen LogP contribution is 2.35. The molecule has 0 fully saturated rings. The summed E-state index contributed by atoms with van der Waals surface area (Å²) in [4.78, 5) is 13.4. The first-order valence-electron chi connectivity index (χ1n) is 10.2. The highest BCUT2D eigenvalue weighted by atomic mass is 16.5. The number of nitrogens with one attached hydrogen (secondary N) is 2. The van der Waals surface area contributed by atoms with Gasteiger partial charge in [-0.3, -0.25) is 4.79 Å². The third-order valence-electron chi connectivity index (χ3n) is 5.16. The molecule has 8 heteroatoms. The van der Waals surface area contributed by atoms with E-state index < -0.39 is 6.04 Å². The van der Waals surface area contributed by atoms with E-state index >= 15 is 0 Å². The number of aryl methyl sites for hydroxylation is 2. The molecule has 2 N–H and O–H groups in total. The van der Waals surface area contributed by atoms with Crippen LogP contribution >= 0.6 is 0 Å². The number of ether oxygens (including phenoxy) is 1. The van der Waals surface area contributed by atoms with Crippen LogP contribution in [0.3, 0.4) is 0 Å². The zero-order valence-electron chi connectivity index (χ0n) is 18.3. The Kier molecular flexibility index (Phi) is 5.46. The topological polar surface area (TPSA) is 94.0 Å². The fraction of sp³-hybridized carbons (Fsp3) is 0.304. The van der Waals surface area contributed by atoms with Gasteiger partial charge in [0.2, 0.25) is 5.95 Å². The molecule has 8 nitrogen and oxygen atoms in total.